The van der Waals surface area contributed by atoms with Gasteiger partial charge in [-0.3, -0.25) is 14.4 Å². The molecule has 0 radical (unpaired) electrons. The number of aryl methyl sites for hydroxylation is 1. The Morgan fingerprint density at radius 1 is 1.21 bits per heavy atom. The number of amides is 3. The molecule has 3 amide bonds. The summed E-state index contributed by atoms with van der Waals surface area (Å²) in [4.78, 5) is 46.0. The van der Waals surface area contributed by atoms with Crippen LogP contribution in [0.3, 0.4) is 0 Å². The van der Waals surface area contributed by atoms with Crippen LogP contribution >= 0.6 is 11.3 Å². The Bertz CT molecular complexity index is 1120. The lowest BCUT2D eigenvalue weighted by atomic mass is 9.98. The molecule has 1 unspecified atom stereocenters. The van der Waals surface area contributed by atoms with Crippen LogP contribution < -0.4 is 14.8 Å². The molecule has 0 aliphatic carbocycles. The first kappa shape index (κ1) is 22.7. The van der Waals surface area contributed by atoms with Gasteiger partial charge in [-0.15, -0.1) is 11.3 Å². The van der Waals surface area contributed by atoms with E-state index in [0.717, 1.165) is 17.7 Å². The van der Waals surface area contributed by atoms with E-state index in [4.69, 9.17) is 9.47 Å². The highest BCUT2D eigenvalue weighted by Crippen LogP contribution is 2.33. The molecule has 2 aliphatic heterocycles. The van der Waals surface area contributed by atoms with Crippen molar-refractivity contribution in [3.05, 3.63) is 46.5 Å². The van der Waals surface area contributed by atoms with Gasteiger partial charge >= 0.3 is 0 Å². The van der Waals surface area contributed by atoms with Crippen LogP contribution in [0, 0.1) is 5.92 Å². The van der Waals surface area contributed by atoms with Crippen LogP contribution in [0.25, 0.3) is 0 Å². The van der Waals surface area contributed by atoms with Gasteiger partial charge in [-0.2, -0.15) is 0 Å². The minimum atomic E-state index is -0.600. The van der Waals surface area contributed by atoms with Crippen molar-refractivity contribution in [2.45, 2.75) is 25.8 Å². The summed E-state index contributed by atoms with van der Waals surface area (Å²) < 4.78 is 10.8. The molecule has 2 aromatic rings. The second kappa shape index (κ2) is 9.95. The summed E-state index contributed by atoms with van der Waals surface area (Å²) in [6.07, 6.45) is 5.67. The highest BCUT2D eigenvalue weighted by Gasteiger charge is 2.23. The maximum absolute atomic E-state index is 12.8. The Hall–Kier alpha value is -3.53. The number of hydrogen-bond acceptors (Lipinski definition) is 7. The summed E-state index contributed by atoms with van der Waals surface area (Å²) in [7, 11) is 3.21. The number of fused-ring (bicyclic) bond motifs is 1. The molecule has 1 atom stereocenters. The largest absolute Gasteiger partial charge is 0.493 e. The second-order valence-corrected chi connectivity index (χ2v) is 8.53. The average Bonchev–Trinajstić information content (AvgIpc) is 3.28. The lowest BCUT2D eigenvalue weighted by molar-refractivity contribution is -0.132. The van der Waals surface area contributed by atoms with E-state index < -0.39 is 5.92 Å². The number of aromatic nitrogens is 1. The Labute approximate surface area is 195 Å². The summed E-state index contributed by atoms with van der Waals surface area (Å²) in [5, 5.41) is 5.01. The topological polar surface area (TPSA) is 110 Å². The highest BCUT2D eigenvalue weighted by atomic mass is 32.1. The molecule has 9 nitrogen and oxygen atoms in total. The van der Waals surface area contributed by atoms with Gasteiger partial charge in [0.05, 0.1) is 25.8 Å². The van der Waals surface area contributed by atoms with Gasteiger partial charge in [-0.25, -0.2) is 9.98 Å². The third-order valence-corrected chi connectivity index (χ3v) is 6.37. The minimum Gasteiger partial charge on any atom is -0.493 e. The van der Waals surface area contributed by atoms with E-state index in [1.54, 1.807) is 14.2 Å². The third-order valence-electron chi connectivity index (χ3n) is 5.56. The lowest BCUT2D eigenvalue weighted by Gasteiger charge is -2.29. The van der Waals surface area contributed by atoms with Crippen molar-refractivity contribution in [1.82, 2.24) is 9.88 Å². The summed E-state index contributed by atoms with van der Waals surface area (Å²) in [5.74, 6) is 0.126. The molecule has 0 spiro atoms. The van der Waals surface area contributed by atoms with E-state index in [2.05, 4.69) is 15.3 Å². The number of rotatable bonds is 7. The van der Waals surface area contributed by atoms with Crippen molar-refractivity contribution in [3.8, 4) is 11.5 Å². The van der Waals surface area contributed by atoms with E-state index in [-0.39, 0.29) is 17.7 Å². The zero-order chi connectivity index (χ0) is 23.4. The lowest BCUT2D eigenvalue weighted by Crippen LogP contribution is -2.36. The monoisotopic (exact) mass is 468 g/mol. The Kier molecular flexibility index (Phi) is 6.83. The maximum atomic E-state index is 12.8. The molecule has 0 saturated heterocycles. The molecule has 33 heavy (non-hydrogen) atoms. The molecule has 1 aromatic carbocycles. The number of nitrogens with one attached hydrogen (secondary N) is 1. The van der Waals surface area contributed by atoms with E-state index in [0.29, 0.717) is 42.6 Å². The van der Waals surface area contributed by atoms with Crippen molar-refractivity contribution in [3.63, 3.8) is 0 Å². The summed E-state index contributed by atoms with van der Waals surface area (Å²) >= 11 is 1.30. The zero-order valence-corrected chi connectivity index (χ0v) is 19.2. The first-order chi connectivity index (χ1) is 16.0. The van der Waals surface area contributed by atoms with Crippen LogP contribution in [0.5, 0.6) is 11.5 Å². The van der Waals surface area contributed by atoms with Crippen LogP contribution in [-0.2, 0) is 33.8 Å². The van der Waals surface area contributed by atoms with Crippen molar-refractivity contribution in [2.75, 3.05) is 26.1 Å². The number of methoxy groups -OCH3 is 2. The fourth-order valence-corrected chi connectivity index (χ4v) is 4.49. The second-order valence-electron chi connectivity index (χ2n) is 7.68. The van der Waals surface area contributed by atoms with Gasteiger partial charge in [-0.05, 0) is 36.1 Å². The van der Waals surface area contributed by atoms with Gasteiger partial charge < -0.3 is 19.7 Å². The van der Waals surface area contributed by atoms with Crippen LogP contribution in [0.4, 0.5) is 5.13 Å². The number of anilines is 1. The van der Waals surface area contributed by atoms with E-state index in [1.165, 1.54) is 35.3 Å². The fourth-order valence-electron chi connectivity index (χ4n) is 3.74. The first-order valence-electron chi connectivity index (χ1n) is 10.5. The average molecular weight is 469 g/mol. The Morgan fingerprint density at radius 3 is 2.67 bits per heavy atom. The molecule has 1 N–H and O–H groups in total. The minimum absolute atomic E-state index is 0.0576. The number of carbonyl (C=O) groups excluding carboxylic acids is 3. The number of ether oxygens (including phenoxy) is 2. The number of nitrogens with zero attached hydrogens (tertiary/aromatic N) is 3. The maximum Gasteiger partial charge on any atom is 0.269 e. The molecule has 0 fully saturated rings. The van der Waals surface area contributed by atoms with Crippen LogP contribution in [0.1, 0.15) is 23.2 Å². The van der Waals surface area contributed by atoms with Gasteiger partial charge in [0.15, 0.2) is 16.6 Å². The van der Waals surface area contributed by atoms with Gasteiger partial charge in [0.25, 0.3) is 5.91 Å². The first-order valence-corrected chi connectivity index (χ1v) is 11.4. The van der Waals surface area contributed by atoms with Crippen LogP contribution in [0.2, 0.25) is 0 Å². The molecular weight excluding hydrogens is 444 g/mol. The highest BCUT2D eigenvalue weighted by molar-refractivity contribution is 7.13. The number of carbonyl (C=O) groups is 3. The van der Waals surface area contributed by atoms with Crippen molar-refractivity contribution >= 4 is 40.4 Å². The molecule has 4 rings (SSSR count). The quantitative estimate of drug-likeness (QED) is 0.668. The summed E-state index contributed by atoms with van der Waals surface area (Å²) in [5.41, 5.74) is 2.97. The SMILES string of the molecule is COc1cc2c(cc1OC)CN(C(=O)CCc1csc(NC(=O)C3C=CC(=O)N=C3)n1)CC2. The standard InChI is InChI=1S/C23H24N4O5S/c1-31-18-9-14-7-8-27(12-16(14)10-19(18)32-2)21(29)6-4-17-13-33-23(25-17)26-22(30)15-3-5-20(28)24-11-15/h3,5,9-11,13,15H,4,6-8,12H2,1-2H3,(H,25,26,30). The third kappa shape index (κ3) is 5.28. The smallest absolute Gasteiger partial charge is 0.269 e. The number of aliphatic imine (C=N–C) groups is 1. The predicted molar refractivity (Wildman–Crippen MR) is 124 cm³/mol. The molecule has 1 aromatic heterocycles. The number of benzene rings is 1. The molecule has 0 saturated carbocycles. The molecule has 172 valence electrons. The zero-order valence-electron chi connectivity index (χ0n) is 18.4. The summed E-state index contributed by atoms with van der Waals surface area (Å²) in [6, 6.07) is 3.92. The van der Waals surface area contributed by atoms with E-state index in [1.807, 2.05) is 22.4 Å². The van der Waals surface area contributed by atoms with Crippen molar-refractivity contribution < 1.29 is 23.9 Å². The van der Waals surface area contributed by atoms with E-state index >= 15 is 0 Å². The van der Waals surface area contributed by atoms with Crippen LogP contribution in [-0.4, -0.2) is 54.6 Å². The molecular formula is C23H24N4O5S. The van der Waals surface area contributed by atoms with Crippen LogP contribution in [0.15, 0.2) is 34.7 Å². The molecule has 3 heterocycles. The number of hydrogen-bond donors (Lipinski definition) is 1. The van der Waals surface area contributed by atoms with Gasteiger partial charge in [0.1, 0.15) is 0 Å². The Morgan fingerprint density at radius 2 is 1.97 bits per heavy atom. The molecule has 0 bridgehead atoms. The predicted octanol–water partition coefficient (Wildman–Crippen LogP) is 2.40. The summed E-state index contributed by atoms with van der Waals surface area (Å²) in [6.45, 7) is 1.19. The molecule has 2 aliphatic rings. The number of thiazole rings is 1. The van der Waals surface area contributed by atoms with Gasteiger partial charge in [-0.1, -0.05) is 6.08 Å². The van der Waals surface area contributed by atoms with E-state index in [9.17, 15) is 14.4 Å². The van der Waals surface area contributed by atoms with Crippen molar-refractivity contribution in [1.29, 1.82) is 0 Å². The fraction of sp³-hybridized carbons (Fsp3) is 0.348. The normalized spacial score (nSPS) is 17.0. The number of dihydropyridines is 1. The van der Waals surface area contributed by atoms with Gasteiger partial charge in [0, 0.05) is 37.2 Å². The molecule has 10 heteroatoms. The van der Waals surface area contributed by atoms with Crippen molar-refractivity contribution in [2.24, 2.45) is 10.9 Å². The van der Waals surface area contributed by atoms with Gasteiger partial charge in [0.2, 0.25) is 11.8 Å². The Balaban J connectivity index is 1.30.